The molecule has 1 amide bonds. The highest BCUT2D eigenvalue weighted by molar-refractivity contribution is 5.88. The van der Waals surface area contributed by atoms with Crippen molar-refractivity contribution in [1.82, 2.24) is 19.5 Å². The molecule has 1 aliphatic heterocycles. The lowest BCUT2D eigenvalue weighted by Crippen LogP contribution is -2.36. The summed E-state index contributed by atoms with van der Waals surface area (Å²) < 4.78 is 6.91. The predicted molar refractivity (Wildman–Crippen MR) is 117 cm³/mol. The van der Waals surface area contributed by atoms with Crippen molar-refractivity contribution in [2.75, 3.05) is 11.9 Å². The van der Waals surface area contributed by atoms with Crippen LogP contribution in [0, 0.1) is 6.92 Å². The lowest BCUT2D eigenvalue weighted by atomic mass is 10.1. The number of amides is 1. The molecule has 0 saturated heterocycles. The van der Waals surface area contributed by atoms with Crippen LogP contribution in [0.2, 0.25) is 0 Å². The maximum absolute atomic E-state index is 13.2. The van der Waals surface area contributed by atoms with E-state index >= 15 is 0 Å². The van der Waals surface area contributed by atoms with Crippen LogP contribution in [0.3, 0.4) is 0 Å². The fourth-order valence-electron chi connectivity index (χ4n) is 4.13. The quantitative estimate of drug-likeness (QED) is 0.532. The molecule has 8 heteroatoms. The zero-order valence-electron chi connectivity index (χ0n) is 17.4. The van der Waals surface area contributed by atoms with E-state index in [2.05, 4.69) is 15.3 Å². The average molecular weight is 417 g/mol. The summed E-state index contributed by atoms with van der Waals surface area (Å²) in [5, 5.41) is 5.95. The molecule has 1 aromatic carbocycles. The molecule has 31 heavy (non-hydrogen) atoms. The number of aromatic amines is 1. The van der Waals surface area contributed by atoms with Gasteiger partial charge >= 0.3 is 0 Å². The summed E-state index contributed by atoms with van der Waals surface area (Å²) in [6.45, 7) is 5.50. The van der Waals surface area contributed by atoms with Crippen LogP contribution in [-0.4, -0.2) is 31.9 Å². The molecule has 0 spiro atoms. The number of hydrogen-bond donors (Lipinski definition) is 2. The van der Waals surface area contributed by atoms with Crippen LogP contribution in [0.4, 0.5) is 5.69 Å². The number of rotatable bonds is 4. The number of nitrogens with zero attached hydrogens (tertiary/aromatic N) is 3. The average Bonchev–Trinajstić information content (AvgIpc) is 3.36. The van der Waals surface area contributed by atoms with Crippen molar-refractivity contribution in [3.8, 4) is 11.3 Å². The first-order valence-corrected chi connectivity index (χ1v) is 10.2. The third-order valence-electron chi connectivity index (χ3n) is 5.67. The van der Waals surface area contributed by atoms with E-state index in [0.717, 1.165) is 59.0 Å². The summed E-state index contributed by atoms with van der Waals surface area (Å²) in [5.74, 6) is 0.704. The molecule has 0 radical (unpaired) electrons. The van der Waals surface area contributed by atoms with Gasteiger partial charge in [0.15, 0.2) is 5.65 Å². The molecule has 2 N–H and O–H groups in total. The standard InChI is InChI=1S/C23H23N5O3/c1-14-18(8-10-31-14)21-11-22-25-20-7-9-27(13-19(20)23(30)28(22)26-21)12-16-3-5-17(6-4-16)24-15(2)29/h3-6,8,10-11,26H,7,9,12-13H2,1-2H3,(H,24,29). The summed E-state index contributed by atoms with van der Waals surface area (Å²) in [7, 11) is 0. The Kier molecular flexibility index (Phi) is 4.71. The van der Waals surface area contributed by atoms with E-state index in [1.807, 2.05) is 43.3 Å². The van der Waals surface area contributed by atoms with Crippen LogP contribution in [0.5, 0.6) is 0 Å². The lowest BCUT2D eigenvalue weighted by Gasteiger charge is -2.27. The molecule has 3 aromatic heterocycles. The monoisotopic (exact) mass is 417 g/mol. The molecule has 8 nitrogen and oxygen atoms in total. The van der Waals surface area contributed by atoms with Crippen molar-refractivity contribution in [3.05, 3.63) is 75.6 Å². The topological polar surface area (TPSA) is 95.6 Å². The van der Waals surface area contributed by atoms with E-state index in [1.54, 1.807) is 6.26 Å². The van der Waals surface area contributed by atoms with E-state index in [0.29, 0.717) is 12.2 Å². The van der Waals surface area contributed by atoms with Crippen molar-refractivity contribution in [2.45, 2.75) is 33.4 Å². The molecule has 0 bridgehead atoms. The molecule has 0 saturated carbocycles. The highest BCUT2D eigenvalue weighted by atomic mass is 16.3. The van der Waals surface area contributed by atoms with Gasteiger partial charge in [-0.05, 0) is 30.7 Å². The molecule has 0 atom stereocenters. The molecule has 0 fully saturated rings. The summed E-state index contributed by atoms with van der Waals surface area (Å²) >= 11 is 0. The van der Waals surface area contributed by atoms with Gasteiger partial charge < -0.3 is 9.73 Å². The van der Waals surface area contributed by atoms with Crippen molar-refractivity contribution in [1.29, 1.82) is 0 Å². The van der Waals surface area contributed by atoms with Gasteiger partial charge in [0.05, 0.1) is 23.2 Å². The number of carbonyl (C=O) groups excluding carboxylic acids is 1. The first-order valence-electron chi connectivity index (χ1n) is 10.2. The molecule has 5 rings (SSSR count). The number of aromatic nitrogens is 3. The molecule has 4 heterocycles. The molecule has 4 aromatic rings. The van der Waals surface area contributed by atoms with Gasteiger partial charge in [0.2, 0.25) is 5.91 Å². The van der Waals surface area contributed by atoms with Crippen molar-refractivity contribution in [3.63, 3.8) is 0 Å². The Morgan fingerprint density at radius 2 is 2.06 bits per heavy atom. The van der Waals surface area contributed by atoms with Gasteiger partial charge in [-0.2, -0.15) is 0 Å². The van der Waals surface area contributed by atoms with Gasteiger partial charge in [-0.15, -0.1) is 0 Å². The first kappa shape index (κ1) is 19.3. The molecule has 0 unspecified atom stereocenters. The second-order valence-electron chi connectivity index (χ2n) is 7.93. The largest absolute Gasteiger partial charge is 0.469 e. The first-order chi connectivity index (χ1) is 15.0. The van der Waals surface area contributed by atoms with E-state index in [1.165, 1.54) is 11.4 Å². The number of hydrogen-bond acceptors (Lipinski definition) is 5. The van der Waals surface area contributed by atoms with Crippen molar-refractivity contribution in [2.24, 2.45) is 0 Å². The van der Waals surface area contributed by atoms with E-state index in [-0.39, 0.29) is 11.5 Å². The van der Waals surface area contributed by atoms with E-state index in [4.69, 9.17) is 9.40 Å². The third-order valence-corrected chi connectivity index (χ3v) is 5.67. The normalized spacial score (nSPS) is 14.0. The Labute approximate surface area is 178 Å². The number of fused-ring (bicyclic) bond motifs is 2. The van der Waals surface area contributed by atoms with Gasteiger partial charge in [0, 0.05) is 50.3 Å². The van der Waals surface area contributed by atoms with E-state index < -0.39 is 0 Å². The Morgan fingerprint density at radius 3 is 2.77 bits per heavy atom. The number of aryl methyl sites for hydroxylation is 1. The highest BCUT2D eigenvalue weighted by Crippen LogP contribution is 2.24. The number of nitrogens with one attached hydrogen (secondary N) is 2. The Balaban J connectivity index is 1.39. The van der Waals surface area contributed by atoms with Gasteiger partial charge in [0.25, 0.3) is 5.56 Å². The Hall–Kier alpha value is -3.65. The summed E-state index contributed by atoms with van der Waals surface area (Å²) in [6.07, 6.45) is 2.37. The van der Waals surface area contributed by atoms with Crippen LogP contribution >= 0.6 is 0 Å². The highest BCUT2D eigenvalue weighted by Gasteiger charge is 2.23. The molecule has 1 aliphatic rings. The predicted octanol–water partition coefficient (Wildman–Crippen LogP) is 3.11. The summed E-state index contributed by atoms with van der Waals surface area (Å²) in [4.78, 5) is 31.4. The van der Waals surface area contributed by atoms with Gasteiger partial charge in [-0.1, -0.05) is 12.1 Å². The fourth-order valence-corrected chi connectivity index (χ4v) is 4.13. The molecule has 0 aliphatic carbocycles. The van der Waals surface area contributed by atoms with Crippen LogP contribution in [0.25, 0.3) is 16.9 Å². The zero-order valence-corrected chi connectivity index (χ0v) is 17.4. The number of H-pyrrole nitrogens is 1. The number of carbonyl (C=O) groups is 1. The smallest absolute Gasteiger partial charge is 0.277 e. The SMILES string of the molecule is CC(=O)Nc1ccc(CN2CCc3nc4cc(-c5ccoc5C)[nH]n4c(=O)c3C2)cc1. The van der Waals surface area contributed by atoms with Crippen molar-refractivity contribution >= 4 is 17.2 Å². The number of furan rings is 1. The minimum absolute atomic E-state index is 0.0573. The Bertz CT molecular complexity index is 1330. The van der Waals surface area contributed by atoms with Gasteiger partial charge in [-0.25, -0.2) is 9.50 Å². The molecular formula is C23H23N5O3. The second kappa shape index (κ2) is 7.55. The summed E-state index contributed by atoms with van der Waals surface area (Å²) in [5.41, 5.74) is 5.82. The maximum Gasteiger partial charge on any atom is 0.277 e. The van der Waals surface area contributed by atoms with Crippen LogP contribution in [0.1, 0.15) is 29.5 Å². The van der Waals surface area contributed by atoms with E-state index in [9.17, 15) is 9.59 Å². The third kappa shape index (κ3) is 3.66. The minimum atomic E-state index is -0.0879. The van der Waals surface area contributed by atoms with Gasteiger partial charge in [-0.3, -0.25) is 19.6 Å². The van der Waals surface area contributed by atoms with Crippen LogP contribution < -0.4 is 10.9 Å². The number of anilines is 1. The molecular weight excluding hydrogens is 394 g/mol. The minimum Gasteiger partial charge on any atom is -0.469 e. The van der Waals surface area contributed by atoms with Crippen molar-refractivity contribution < 1.29 is 9.21 Å². The molecule has 158 valence electrons. The van der Waals surface area contributed by atoms with Gasteiger partial charge in [0.1, 0.15) is 5.76 Å². The lowest BCUT2D eigenvalue weighted by molar-refractivity contribution is -0.114. The van der Waals surface area contributed by atoms with Crippen LogP contribution in [0.15, 0.2) is 51.9 Å². The van der Waals surface area contributed by atoms with Crippen LogP contribution in [-0.2, 0) is 24.3 Å². The summed E-state index contributed by atoms with van der Waals surface area (Å²) in [6, 6.07) is 11.6. The Morgan fingerprint density at radius 1 is 1.26 bits per heavy atom. The maximum atomic E-state index is 13.2. The second-order valence-corrected chi connectivity index (χ2v) is 7.93. The zero-order chi connectivity index (χ0) is 21.5. The number of benzene rings is 1. The fraction of sp³-hybridized carbons (Fsp3) is 0.261.